The van der Waals surface area contributed by atoms with Gasteiger partial charge in [0, 0.05) is 20.1 Å². The quantitative estimate of drug-likeness (QED) is 0.705. The molecule has 0 aromatic rings. The predicted octanol–water partition coefficient (Wildman–Crippen LogP) is 0.427. The Bertz CT molecular complexity index is 222. The predicted molar refractivity (Wildman–Crippen MR) is 50.0 cm³/mol. The molecule has 0 radical (unpaired) electrons. The van der Waals surface area contributed by atoms with Crippen molar-refractivity contribution in [2.24, 2.45) is 5.92 Å². The first-order valence-corrected chi connectivity index (χ1v) is 5.41. The molecule has 0 aliphatic heterocycles. The van der Waals surface area contributed by atoms with Crippen LogP contribution in [-0.4, -0.2) is 32.9 Å². The van der Waals surface area contributed by atoms with Crippen LogP contribution in [0.4, 0.5) is 0 Å². The Hall–Kier alpha value is -0.130. The van der Waals surface area contributed by atoms with Crippen LogP contribution in [0.3, 0.4) is 0 Å². The lowest BCUT2D eigenvalue weighted by molar-refractivity contribution is 0.447. The van der Waals surface area contributed by atoms with Gasteiger partial charge in [0.05, 0.1) is 0 Å². The van der Waals surface area contributed by atoms with E-state index >= 15 is 0 Å². The van der Waals surface area contributed by atoms with Crippen LogP contribution in [0.2, 0.25) is 0 Å². The van der Waals surface area contributed by atoms with Gasteiger partial charge in [-0.2, -0.15) is 17.4 Å². The summed E-state index contributed by atoms with van der Waals surface area (Å²) in [5, 5.41) is 0. The van der Waals surface area contributed by atoms with Crippen molar-refractivity contribution in [1.82, 2.24) is 9.03 Å². The first kappa shape index (κ1) is 11.9. The Morgan fingerprint density at radius 1 is 1.17 bits per heavy atom. The summed E-state index contributed by atoms with van der Waals surface area (Å²) < 4.78 is 26.2. The maximum Gasteiger partial charge on any atom is 0.279 e. The molecule has 1 N–H and O–H groups in total. The minimum Gasteiger partial charge on any atom is -0.199 e. The Kier molecular flexibility index (Phi) is 4.16. The van der Waals surface area contributed by atoms with Gasteiger partial charge in [0.1, 0.15) is 0 Å². The van der Waals surface area contributed by atoms with E-state index in [0.717, 1.165) is 0 Å². The van der Waals surface area contributed by atoms with E-state index in [1.54, 1.807) is 0 Å². The summed E-state index contributed by atoms with van der Waals surface area (Å²) in [5.41, 5.74) is 0. The maximum atomic E-state index is 11.3. The van der Waals surface area contributed by atoms with Gasteiger partial charge >= 0.3 is 0 Å². The van der Waals surface area contributed by atoms with Crippen LogP contribution in [0.25, 0.3) is 0 Å². The van der Waals surface area contributed by atoms with Gasteiger partial charge in [0.2, 0.25) is 0 Å². The third kappa shape index (κ3) is 3.51. The smallest absolute Gasteiger partial charge is 0.199 e. The fourth-order valence-electron chi connectivity index (χ4n) is 0.476. The van der Waals surface area contributed by atoms with Crippen LogP contribution in [0, 0.1) is 5.92 Å². The summed E-state index contributed by atoms with van der Waals surface area (Å²) in [5.74, 6) is 0.305. The normalized spacial score (nSPS) is 15.6. The van der Waals surface area contributed by atoms with Crippen molar-refractivity contribution in [3.05, 3.63) is 0 Å². The van der Waals surface area contributed by atoms with Crippen LogP contribution in [0.1, 0.15) is 20.8 Å². The van der Waals surface area contributed by atoms with Crippen LogP contribution in [0.15, 0.2) is 0 Å². The lowest BCUT2D eigenvalue weighted by Crippen LogP contribution is -2.42. The molecule has 0 saturated carbocycles. The van der Waals surface area contributed by atoms with Crippen LogP contribution in [0.5, 0.6) is 0 Å². The van der Waals surface area contributed by atoms with E-state index < -0.39 is 10.2 Å². The molecule has 0 saturated heterocycles. The highest BCUT2D eigenvalue weighted by molar-refractivity contribution is 7.87. The Morgan fingerprint density at radius 3 is 1.83 bits per heavy atom. The van der Waals surface area contributed by atoms with Gasteiger partial charge in [0.25, 0.3) is 10.2 Å². The molecule has 12 heavy (non-hydrogen) atoms. The highest BCUT2D eigenvalue weighted by Gasteiger charge is 2.18. The highest BCUT2D eigenvalue weighted by Crippen LogP contribution is 2.02. The van der Waals surface area contributed by atoms with Gasteiger partial charge in [-0.3, -0.25) is 0 Å². The molecule has 0 aliphatic carbocycles. The number of nitrogens with one attached hydrogen (secondary N) is 1. The van der Waals surface area contributed by atoms with Crippen molar-refractivity contribution in [3.8, 4) is 0 Å². The number of hydrogen-bond donors (Lipinski definition) is 1. The van der Waals surface area contributed by atoms with Crippen molar-refractivity contribution >= 4 is 10.2 Å². The standard InChI is InChI=1S/C7H18N2O2S/c1-6(2)7(3)8-12(10,11)9(4)5/h6-8H,1-5H3/t7-/m1/s1. The summed E-state index contributed by atoms with van der Waals surface area (Å²) in [7, 11) is -0.241. The van der Waals surface area contributed by atoms with Gasteiger partial charge in [-0.1, -0.05) is 13.8 Å². The molecule has 0 amide bonds. The van der Waals surface area contributed by atoms with Gasteiger partial charge in [-0.25, -0.2) is 0 Å². The first-order chi connectivity index (χ1) is 5.27. The first-order valence-electron chi connectivity index (χ1n) is 3.97. The highest BCUT2D eigenvalue weighted by atomic mass is 32.2. The second-order valence-electron chi connectivity index (χ2n) is 3.44. The lowest BCUT2D eigenvalue weighted by atomic mass is 10.1. The molecule has 0 aromatic carbocycles. The van der Waals surface area contributed by atoms with E-state index in [1.807, 2.05) is 20.8 Å². The third-order valence-corrected chi connectivity index (χ3v) is 3.45. The zero-order valence-corrected chi connectivity index (χ0v) is 9.14. The minimum absolute atomic E-state index is 0.0302. The Balaban J connectivity index is 4.27. The molecule has 0 heterocycles. The van der Waals surface area contributed by atoms with E-state index in [4.69, 9.17) is 0 Å². The van der Waals surface area contributed by atoms with Crippen molar-refractivity contribution in [3.63, 3.8) is 0 Å². The third-order valence-electron chi connectivity index (χ3n) is 1.82. The average molecular weight is 194 g/mol. The zero-order valence-electron chi connectivity index (χ0n) is 8.33. The molecule has 1 atom stereocenters. The Morgan fingerprint density at radius 2 is 1.58 bits per heavy atom. The topological polar surface area (TPSA) is 49.4 Å². The van der Waals surface area contributed by atoms with Gasteiger partial charge in [-0.05, 0) is 12.8 Å². The van der Waals surface area contributed by atoms with E-state index in [9.17, 15) is 8.42 Å². The van der Waals surface area contributed by atoms with E-state index in [-0.39, 0.29) is 6.04 Å². The van der Waals surface area contributed by atoms with Crippen molar-refractivity contribution in [2.45, 2.75) is 26.8 Å². The molecule has 0 fully saturated rings. The molecular formula is C7H18N2O2S. The van der Waals surface area contributed by atoms with Gasteiger partial charge < -0.3 is 0 Å². The van der Waals surface area contributed by atoms with Crippen molar-refractivity contribution < 1.29 is 8.42 Å². The minimum atomic E-state index is -3.26. The summed E-state index contributed by atoms with van der Waals surface area (Å²) in [6.07, 6.45) is 0. The van der Waals surface area contributed by atoms with Gasteiger partial charge in [-0.15, -0.1) is 0 Å². The summed E-state index contributed by atoms with van der Waals surface area (Å²) in [4.78, 5) is 0. The zero-order chi connectivity index (χ0) is 9.94. The Labute approximate surface area is 75.1 Å². The molecule has 0 unspecified atom stereocenters. The molecule has 74 valence electrons. The number of hydrogen-bond acceptors (Lipinski definition) is 2. The molecule has 5 heteroatoms. The van der Waals surface area contributed by atoms with Gasteiger partial charge in [0.15, 0.2) is 0 Å². The monoisotopic (exact) mass is 194 g/mol. The number of nitrogens with zero attached hydrogens (tertiary/aromatic N) is 1. The van der Waals surface area contributed by atoms with E-state index in [0.29, 0.717) is 5.92 Å². The second-order valence-corrected chi connectivity index (χ2v) is 5.35. The molecule has 0 aliphatic rings. The summed E-state index contributed by atoms with van der Waals surface area (Å²) >= 11 is 0. The number of rotatable bonds is 4. The fraction of sp³-hybridized carbons (Fsp3) is 1.00. The molecule has 4 nitrogen and oxygen atoms in total. The second kappa shape index (κ2) is 4.20. The molecule has 0 bridgehead atoms. The fourth-order valence-corrected chi connectivity index (χ4v) is 1.43. The molecular weight excluding hydrogens is 176 g/mol. The summed E-state index contributed by atoms with van der Waals surface area (Å²) in [6, 6.07) is -0.0302. The largest absolute Gasteiger partial charge is 0.279 e. The molecule has 0 rings (SSSR count). The summed E-state index contributed by atoms with van der Waals surface area (Å²) in [6.45, 7) is 5.80. The van der Waals surface area contributed by atoms with E-state index in [2.05, 4.69) is 4.72 Å². The maximum absolute atomic E-state index is 11.3. The van der Waals surface area contributed by atoms with E-state index in [1.165, 1.54) is 18.4 Å². The van der Waals surface area contributed by atoms with Crippen molar-refractivity contribution in [1.29, 1.82) is 0 Å². The van der Waals surface area contributed by atoms with Crippen LogP contribution < -0.4 is 4.72 Å². The van der Waals surface area contributed by atoms with Crippen molar-refractivity contribution in [2.75, 3.05) is 14.1 Å². The molecule has 0 spiro atoms. The average Bonchev–Trinajstić information content (AvgIpc) is 1.85. The molecule has 0 aromatic heterocycles. The van der Waals surface area contributed by atoms with Crippen LogP contribution >= 0.6 is 0 Å². The van der Waals surface area contributed by atoms with Crippen LogP contribution in [-0.2, 0) is 10.2 Å². The SMILES string of the molecule is CC(C)[C@@H](C)NS(=O)(=O)N(C)C. The lowest BCUT2D eigenvalue weighted by Gasteiger charge is -2.20.